The maximum absolute atomic E-state index is 13.6. The fourth-order valence-corrected chi connectivity index (χ4v) is 4.46. The van der Waals surface area contributed by atoms with E-state index in [0.29, 0.717) is 17.1 Å². The number of nitrogens with one attached hydrogen (secondary N) is 1. The predicted molar refractivity (Wildman–Crippen MR) is 141 cm³/mol. The van der Waals surface area contributed by atoms with Crippen molar-refractivity contribution in [3.63, 3.8) is 0 Å². The van der Waals surface area contributed by atoms with Crippen molar-refractivity contribution in [3.8, 4) is 17.3 Å². The number of amides is 1. The number of nitrogens with zero attached hydrogens (tertiary/aromatic N) is 2. The van der Waals surface area contributed by atoms with Crippen LogP contribution in [0, 0.1) is 0 Å². The Hall–Kier alpha value is -3.56. The molecule has 178 valence electrons. The molecular weight excluding hydrogens is 530 g/mol. The molecule has 9 heteroatoms. The Morgan fingerprint density at radius 3 is 2.40 bits per heavy atom. The summed E-state index contributed by atoms with van der Waals surface area (Å²) >= 11 is 4.43. The van der Waals surface area contributed by atoms with E-state index in [-0.39, 0.29) is 34.7 Å². The molecule has 0 atom stereocenters. The zero-order valence-corrected chi connectivity index (χ0v) is 21.2. The van der Waals surface area contributed by atoms with Gasteiger partial charge in [0.05, 0.1) is 24.1 Å². The van der Waals surface area contributed by atoms with Gasteiger partial charge in [0.15, 0.2) is 5.16 Å². The first kappa shape index (κ1) is 24.6. The first-order chi connectivity index (χ1) is 16.9. The van der Waals surface area contributed by atoms with Crippen molar-refractivity contribution < 1.29 is 14.6 Å². The highest BCUT2D eigenvalue weighted by Gasteiger charge is 2.19. The fraction of sp³-hybridized carbons (Fsp3) is 0.115. The van der Waals surface area contributed by atoms with E-state index in [9.17, 15) is 14.7 Å². The molecule has 0 aliphatic rings. The molecule has 3 aromatic carbocycles. The number of methoxy groups -OCH3 is 1. The lowest BCUT2D eigenvalue weighted by Gasteiger charge is -2.15. The van der Waals surface area contributed by atoms with Crippen LogP contribution in [0.2, 0.25) is 0 Å². The van der Waals surface area contributed by atoms with Crippen molar-refractivity contribution in [1.82, 2.24) is 9.55 Å². The molecule has 4 rings (SSSR count). The molecular formula is C26H22BrN3O4S. The van der Waals surface area contributed by atoms with Gasteiger partial charge in [-0.1, -0.05) is 58.0 Å². The number of anilines is 1. The number of hydrogen-bond acceptors (Lipinski definition) is 6. The lowest BCUT2D eigenvalue weighted by molar-refractivity contribution is -0.113. The third-order valence-corrected chi connectivity index (χ3v) is 6.61. The van der Waals surface area contributed by atoms with Crippen molar-refractivity contribution in [2.24, 2.45) is 0 Å². The van der Waals surface area contributed by atoms with E-state index in [0.717, 1.165) is 21.8 Å². The highest BCUT2D eigenvalue weighted by Crippen LogP contribution is 2.25. The average molecular weight is 552 g/mol. The van der Waals surface area contributed by atoms with Crippen LogP contribution >= 0.6 is 27.7 Å². The molecule has 35 heavy (non-hydrogen) atoms. The summed E-state index contributed by atoms with van der Waals surface area (Å²) in [6, 6.07) is 23.5. The Morgan fingerprint density at radius 2 is 1.74 bits per heavy atom. The number of aromatic nitrogens is 2. The standard InChI is InChI=1S/C26H22BrN3O4S/c1-34-21-13-11-20(12-14-21)30-25(33)22(15-17-5-3-2-4-6-17)24(32)29-26(30)35-16-23(31)28-19-9-7-18(27)8-10-19/h2-14,32H,15-16H2,1H3,(H,28,31). The first-order valence-electron chi connectivity index (χ1n) is 10.7. The van der Waals surface area contributed by atoms with Gasteiger partial charge in [0.1, 0.15) is 5.75 Å². The zero-order chi connectivity index (χ0) is 24.8. The molecule has 0 unspecified atom stereocenters. The lowest BCUT2D eigenvalue weighted by atomic mass is 10.1. The molecule has 0 saturated heterocycles. The summed E-state index contributed by atoms with van der Waals surface area (Å²) in [5, 5.41) is 13.7. The molecule has 1 amide bonds. The molecule has 0 spiro atoms. The molecule has 1 aromatic heterocycles. The van der Waals surface area contributed by atoms with Crippen molar-refractivity contribution in [1.29, 1.82) is 0 Å². The summed E-state index contributed by atoms with van der Waals surface area (Å²) in [6.45, 7) is 0. The van der Waals surface area contributed by atoms with Crippen LogP contribution in [0.5, 0.6) is 11.6 Å². The van der Waals surface area contributed by atoms with Crippen molar-refractivity contribution >= 4 is 39.3 Å². The highest BCUT2D eigenvalue weighted by molar-refractivity contribution is 9.10. The highest BCUT2D eigenvalue weighted by atomic mass is 79.9. The number of aromatic hydroxyl groups is 1. The number of halogens is 1. The van der Waals surface area contributed by atoms with E-state index in [1.54, 1.807) is 43.5 Å². The van der Waals surface area contributed by atoms with E-state index < -0.39 is 5.56 Å². The van der Waals surface area contributed by atoms with Gasteiger partial charge in [-0.2, -0.15) is 4.98 Å². The zero-order valence-electron chi connectivity index (χ0n) is 18.8. The quantitative estimate of drug-likeness (QED) is 0.235. The summed E-state index contributed by atoms with van der Waals surface area (Å²) in [5.41, 5.74) is 1.85. The Labute approximate surface area is 214 Å². The predicted octanol–water partition coefficient (Wildman–Crippen LogP) is 5.03. The molecule has 4 aromatic rings. The summed E-state index contributed by atoms with van der Waals surface area (Å²) in [5.74, 6) is 0.0251. The minimum Gasteiger partial charge on any atom is -0.497 e. The third-order valence-electron chi connectivity index (χ3n) is 5.14. The van der Waals surface area contributed by atoms with Crippen LogP contribution in [0.25, 0.3) is 5.69 Å². The fourth-order valence-electron chi connectivity index (χ4n) is 3.40. The van der Waals surface area contributed by atoms with Crippen LogP contribution in [0.1, 0.15) is 11.1 Å². The Balaban J connectivity index is 1.66. The van der Waals surface area contributed by atoms with Gasteiger partial charge in [-0.3, -0.25) is 14.2 Å². The molecule has 0 radical (unpaired) electrons. The summed E-state index contributed by atoms with van der Waals surface area (Å²) in [7, 11) is 1.56. The normalized spacial score (nSPS) is 10.7. The van der Waals surface area contributed by atoms with Crippen LogP contribution in [0.15, 0.2) is 93.3 Å². The van der Waals surface area contributed by atoms with E-state index in [4.69, 9.17) is 4.74 Å². The Kier molecular flexibility index (Phi) is 7.89. The van der Waals surface area contributed by atoms with E-state index >= 15 is 0 Å². The minimum absolute atomic E-state index is 0.00384. The van der Waals surface area contributed by atoms with Gasteiger partial charge in [-0.05, 0) is 54.1 Å². The number of thioether (sulfide) groups is 1. The Bertz CT molecular complexity index is 1380. The first-order valence-corrected chi connectivity index (χ1v) is 12.4. The van der Waals surface area contributed by atoms with Gasteiger partial charge in [0.25, 0.3) is 5.56 Å². The van der Waals surface area contributed by atoms with E-state index in [2.05, 4.69) is 26.2 Å². The summed E-state index contributed by atoms with van der Waals surface area (Å²) < 4.78 is 7.54. The molecule has 0 bridgehead atoms. The number of carbonyl (C=O) groups excluding carboxylic acids is 1. The minimum atomic E-state index is -0.401. The van der Waals surface area contributed by atoms with Gasteiger partial charge in [-0.25, -0.2) is 0 Å². The Morgan fingerprint density at radius 1 is 1.06 bits per heavy atom. The molecule has 2 N–H and O–H groups in total. The van der Waals surface area contributed by atoms with Gasteiger partial charge < -0.3 is 15.2 Å². The maximum atomic E-state index is 13.6. The van der Waals surface area contributed by atoms with Gasteiger partial charge in [0.2, 0.25) is 11.8 Å². The number of benzene rings is 3. The number of hydrogen-bond donors (Lipinski definition) is 2. The molecule has 0 aliphatic heterocycles. The van der Waals surface area contributed by atoms with Crippen LogP contribution in [-0.4, -0.2) is 33.4 Å². The van der Waals surface area contributed by atoms with Gasteiger partial charge in [0, 0.05) is 16.6 Å². The second-order valence-corrected chi connectivity index (χ2v) is 9.40. The molecule has 0 aliphatic carbocycles. The second kappa shape index (κ2) is 11.2. The maximum Gasteiger partial charge on any atom is 0.266 e. The number of rotatable bonds is 8. The molecule has 0 saturated carbocycles. The van der Waals surface area contributed by atoms with Crippen molar-refractivity contribution in [2.45, 2.75) is 11.6 Å². The molecule has 0 fully saturated rings. The van der Waals surface area contributed by atoms with Crippen LogP contribution in [-0.2, 0) is 11.2 Å². The van der Waals surface area contributed by atoms with Gasteiger partial charge in [-0.15, -0.1) is 0 Å². The van der Waals surface area contributed by atoms with Gasteiger partial charge >= 0.3 is 0 Å². The molecule has 1 heterocycles. The monoisotopic (exact) mass is 551 g/mol. The third kappa shape index (κ3) is 6.12. The number of carbonyl (C=O) groups is 1. The number of ether oxygens (including phenoxy) is 1. The van der Waals surface area contributed by atoms with E-state index in [1.165, 1.54) is 4.57 Å². The second-order valence-electron chi connectivity index (χ2n) is 7.54. The summed E-state index contributed by atoms with van der Waals surface area (Å²) in [4.78, 5) is 30.4. The summed E-state index contributed by atoms with van der Waals surface area (Å²) in [6.07, 6.45) is 0.226. The smallest absolute Gasteiger partial charge is 0.266 e. The van der Waals surface area contributed by atoms with E-state index in [1.807, 2.05) is 42.5 Å². The van der Waals surface area contributed by atoms with Crippen LogP contribution in [0.3, 0.4) is 0 Å². The lowest BCUT2D eigenvalue weighted by Crippen LogP contribution is -2.26. The van der Waals surface area contributed by atoms with Crippen LogP contribution in [0.4, 0.5) is 5.69 Å². The van der Waals surface area contributed by atoms with Crippen molar-refractivity contribution in [3.05, 3.63) is 105 Å². The largest absolute Gasteiger partial charge is 0.497 e. The topological polar surface area (TPSA) is 93.4 Å². The van der Waals surface area contributed by atoms with Crippen LogP contribution < -0.4 is 15.6 Å². The van der Waals surface area contributed by atoms with Crippen molar-refractivity contribution in [2.75, 3.05) is 18.2 Å². The average Bonchev–Trinajstić information content (AvgIpc) is 2.87. The molecule has 7 nitrogen and oxygen atoms in total. The SMILES string of the molecule is COc1ccc(-n2c(SCC(=O)Nc3ccc(Br)cc3)nc(O)c(Cc3ccccc3)c2=O)cc1.